The lowest BCUT2D eigenvalue weighted by atomic mass is 9.68. The minimum absolute atomic E-state index is 0.134. The number of halogens is 1. The van der Waals surface area contributed by atoms with Crippen LogP contribution in [-0.4, -0.2) is 78.9 Å². The zero-order valence-corrected chi connectivity index (χ0v) is 24.1. The SMILES string of the molecule is Cc1c(F)cccc1[C@@H]1[C@@H](C(=O)c2cccc(O)c2)CN(S(=O)(=O)CCCN(C)C)C[C@H]1C(=O)c1cccc(O)c1. The predicted octanol–water partition coefficient (Wildman–Crippen LogP) is 4.22. The Kier molecular flexibility index (Phi) is 9.26. The van der Waals surface area contributed by atoms with E-state index in [1.165, 1.54) is 65.0 Å². The molecule has 0 saturated carbocycles. The first-order valence-corrected chi connectivity index (χ1v) is 15.0. The number of aromatic hydroxyl groups is 2. The summed E-state index contributed by atoms with van der Waals surface area (Å²) in [6, 6.07) is 16.0. The van der Waals surface area contributed by atoms with Gasteiger partial charge in [-0.25, -0.2) is 17.1 Å². The Balaban J connectivity index is 1.87. The quantitative estimate of drug-likeness (QED) is 0.344. The van der Waals surface area contributed by atoms with Crippen molar-refractivity contribution in [3.05, 3.63) is 94.8 Å². The van der Waals surface area contributed by atoms with Crippen molar-refractivity contribution in [3.8, 4) is 11.5 Å². The van der Waals surface area contributed by atoms with Crippen LogP contribution in [0.3, 0.4) is 0 Å². The maximum Gasteiger partial charge on any atom is 0.214 e. The third-order valence-electron chi connectivity index (χ3n) is 7.67. The lowest BCUT2D eigenvalue weighted by molar-refractivity contribution is 0.0694. The van der Waals surface area contributed by atoms with E-state index in [2.05, 4.69) is 0 Å². The van der Waals surface area contributed by atoms with Crippen LogP contribution in [0.25, 0.3) is 0 Å². The van der Waals surface area contributed by atoms with Crippen molar-refractivity contribution in [2.75, 3.05) is 39.5 Å². The number of Topliss-reactive ketones (excluding diaryl/α,β-unsaturated/α-hetero) is 2. The van der Waals surface area contributed by atoms with Gasteiger partial charge >= 0.3 is 0 Å². The first-order valence-electron chi connectivity index (χ1n) is 13.4. The van der Waals surface area contributed by atoms with Gasteiger partial charge in [-0.05, 0) is 75.4 Å². The average molecular weight is 583 g/mol. The number of phenols is 2. The van der Waals surface area contributed by atoms with Gasteiger partial charge in [0.05, 0.1) is 5.75 Å². The van der Waals surface area contributed by atoms with Gasteiger partial charge in [0, 0.05) is 42.0 Å². The molecule has 1 aliphatic heterocycles. The van der Waals surface area contributed by atoms with E-state index < -0.39 is 45.2 Å². The summed E-state index contributed by atoms with van der Waals surface area (Å²) < 4.78 is 43.3. The molecule has 1 aliphatic rings. The van der Waals surface area contributed by atoms with Gasteiger partial charge in [0.2, 0.25) is 10.0 Å². The second kappa shape index (κ2) is 12.5. The van der Waals surface area contributed by atoms with Crippen LogP contribution in [0.15, 0.2) is 66.7 Å². The van der Waals surface area contributed by atoms with Crippen molar-refractivity contribution >= 4 is 21.6 Å². The van der Waals surface area contributed by atoms with E-state index in [9.17, 15) is 32.6 Å². The Bertz CT molecular complexity index is 1470. The molecular formula is C31H35FN2O6S. The van der Waals surface area contributed by atoms with Crippen LogP contribution in [0.1, 0.15) is 44.2 Å². The summed E-state index contributed by atoms with van der Waals surface area (Å²) in [5.41, 5.74) is 1.02. The molecule has 0 spiro atoms. The normalized spacial score (nSPS) is 19.8. The molecule has 3 aromatic carbocycles. The third-order valence-corrected chi connectivity index (χ3v) is 9.56. The van der Waals surface area contributed by atoms with E-state index in [-0.39, 0.29) is 47.0 Å². The lowest BCUT2D eigenvalue weighted by Crippen LogP contribution is -2.53. The molecule has 3 atom stereocenters. The maximum atomic E-state index is 14.9. The molecule has 2 N–H and O–H groups in total. The fraction of sp³-hybridized carbons (Fsp3) is 0.355. The highest BCUT2D eigenvalue weighted by molar-refractivity contribution is 7.89. The van der Waals surface area contributed by atoms with Gasteiger partial charge in [0.1, 0.15) is 17.3 Å². The van der Waals surface area contributed by atoms with Crippen molar-refractivity contribution in [2.24, 2.45) is 11.8 Å². The predicted molar refractivity (Wildman–Crippen MR) is 154 cm³/mol. The largest absolute Gasteiger partial charge is 0.508 e. The second-order valence-corrected chi connectivity index (χ2v) is 12.9. The van der Waals surface area contributed by atoms with Crippen molar-refractivity contribution in [2.45, 2.75) is 19.3 Å². The molecule has 10 heteroatoms. The van der Waals surface area contributed by atoms with Gasteiger partial charge in [-0.1, -0.05) is 36.4 Å². The fourth-order valence-electron chi connectivity index (χ4n) is 5.60. The molecule has 0 radical (unpaired) electrons. The monoisotopic (exact) mass is 582 g/mol. The number of ketones is 2. The van der Waals surface area contributed by atoms with Gasteiger partial charge < -0.3 is 15.1 Å². The summed E-state index contributed by atoms with van der Waals surface area (Å²) in [7, 11) is -0.206. The number of hydrogen-bond acceptors (Lipinski definition) is 7. The van der Waals surface area contributed by atoms with Crippen molar-refractivity contribution in [1.82, 2.24) is 9.21 Å². The third kappa shape index (κ3) is 6.83. The van der Waals surface area contributed by atoms with E-state index >= 15 is 0 Å². The molecule has 0 bridgehead atoms. The van der Waals surface area contributed by atoms with Crippen LogP contribution in [-0.2, 0) is 10.0 Å². The van der Waals surface area contributed by atoms with Gasteiger partial charge in [-0.15, -0.1) is 0 Å². The van der Waals surface area contributed by atoms with E-state index in [4.69, 9.17) is 0 Å². The van der Waals surface area contributed by atoms with Crippen LogP contribution in [0.4, 0.5) is 4.39 Å². The number of sulfonamides is 1. The molecule has 1 saturated heterocycles. The topological polar surface area (TPSA) is 115 Å². The van der Waals surface area contributed by atoms with E-state index in [0.717, 1.165) is 0 Å². The minimum Gasteiger partial charge on any atom is -0.508 e. The minimum atomic E-state index is -3.89. The van der Waals surface area contributed by atoms with Crippen LogP contribution >= 0.6 is 0 Å². The number of hydrogen-bond donors (Lipinski definition) is 2. The zero-order chi connectivity index (χ0) is 29.9. The molecule has 218 valence electrons. The fourth-order valence-corrected chi connectivity index (χ4v) is 7.13. The highest BCUT2D eigenvalue weighted by atomic mass is 32.2. The van der Waals surface area contributed by atoms with E-state index in [1.54, 1.807) is 13.0 Å². The number of benzene rings is 3. The number of rotatable bonds is 10. The summed E-state index contributed by atoms with van der Waals surface area (Å²) >= 11 is 0. The number of carbonyl (C=O) groups excluding carboxylic acids is 2. The van der Waals surface area contributed by atoms with Crippen LogP contribution in [0.2, 0.25) is 0 Å². The molecule has 0 unspecified atom stereocenters. The van der Waals surface area contributed by atoms with Crippen molar-refractivity contribution in [1.29, 1.82) is 0 Å². The molecule has 1 heterocycles. The standard InChI is InChI=1S/C31H35FN2O6S/c1-20-25(12-6-13-28(20)32)29-26(30(37)21-8-4-10-23(35)16-21)18-34(41(39,40)15-7-14-33(2)3)19-27(29)31(38)22-9-5-11-24(36)17-22/h4-6,8-13,16-17,26-27,29,35-36H,7,14-15,18-19H2,1-3H3/t26-,27+,29+. The summed E-state index contributed by atoms with van der Waals surface area (Å²) in [6.45, 7) is 1.70. The Labute approximate surface area is 240 Å². The molecule has 41 heavy (non-hydrogen) atoms. The van der Waals surface area contributed by atoms with Gasteiger partial charge in [0.25, 0.3) is 0 Å². The summed E-state index contributed by atoms with van der Waals surface area (Å²) in [5.74, 6) is -4.85. The number of carbonyl (C=O) groups is 2. The van der Waals surface area contributed by atoms with Gasteiger partial charge in [0.15, 0.2) is 11.6 Å². The second-order valence-electron chi connectivity index (χ2n) is 10.8. The number of piperidine rings is 1. The van der Waals surface area contributed by atoms with Crippen molar-refractivity contribution in [3.63, 3.8) is 0 Å². The van der Waals surface area contributed by atoms with E-state index in [0.29, 0.717) is 18.5 Å². The van der Waals surface area contributed by atoms with Crippen LogP contribution in [0, 0.1) is 24.6 Å². The molecule has 3 aromatic rings. The number of phenolic OH excluding ortho intramolecular Hbond substituents is 2. The first kappa shape index (κ1) is 30.4. The molecule has 0 aliphatic carbocycles. The average Bonchev–Trinajstić information content (AvgIpc) is 2.93. The molecule has 0 amide bonds. The zero-order valence-electron chi connectivity index (χ0n) is 23.3. The molecule has 8 nitrogen and oxygen atoms in total. The van der Waals surface area contributed by atoms with Crippen molar-refractivity contribution < 1.29 is 32.6 Å². The molecule has 0 aromatic heterocycles. The number of nitrogens with zero attached hydrogens (tertiary/aromatic N) is 2. The van der Waals surface area contributed by atoms with Crippen LogP contribution in [0.5, 0.6) is 11.5 Å². The summed E-state index contributed by atoms with van der Waals surface area (Å²) in [4.78, 5) is 30.0. The highest BCUT2D eigenvalue weighted by Gasteiger charge is 2.48. The van der Waals surface area contributed by atoms with Gasteiger partial charge in [-0.3, -0.25) is 9.59 Å². The van der Waals surface area contributed by atoms with E-state index in [1.807, 2.05) is 19.0 Å². The molecular weight excluding hydrogens is 547 g/mol. The highest BCUT2D eigenvalue weighted by Crippen LogP contribution is 2.43. The Morgan fingerprint density at radius 2 is 1.41 bits per heavy atom. The van der Waals surface area contributed by atoms with Crippen LogP contribution < -0.4 is 0 Å². The first-order chi connectivity index (χ1) is 19.4. The maximum absolute atomic E-state index is 14.9. The lowest BCUT2D eigenvalue weighted by Gasteiger charge is -2.43. The summed E-state index contributed by atoms with van der Waals surface area (Å²) in [5, 5.41) is 20.1. The Morgan fingerprint density at radius 3 is 1.90 bits per heavy atom. The summed E-state index contributed by atoms with van der Waals surface area (Å²) in [6.07, 6.45) is 0.356. The Morgan fingerprint density at radius 1 is 0.902 bits per heavy atom. The smallest absolute Gasteiger partial charge is 0.214 e. The molecule has 1 fully saturated rings. The Hall–Kier alpha value is -3.60. The molecule has 4 rings (SSSR count). The van der Waals surface area contributed by atoms with Gasteiger partial charge in [-0.2, -0.15) is 0 Å².